The molecular formula is C12H17Cl2NO3. The maximum absolute atomic E-state index is 9.64. The molecule has 4 nitrogen and oxygen atoms in total. The van der Waals surface area contributed by atoms with Gasteiger partial charge in [0.25, 0.3) is 0 Å². The fraction of sp³-hybridized carbons (Fsp3) is 0.500. The molecule has 1 aromatic carbocycles. The molecule has 1 rings (SSSR count). The Hall–Kier alpha value is -0.520. The summed E-state index contributed by atoms with van der Waals surface area (Å²) in [5, 5.41) is 22.6. The lowest BCUT2D eigenvalue weighted by Gasteiger charge is -2.14. The van der Waals surface area contributed by atoms with E-state index in [9.17, 15) is 5.11 Å². The summed E-state index contributed by atoms with van der Waals surface area (Å²) in [4.78, 5) is 0. The van der Waals surface area contributed by atoms with Crippen molar-refractivity contribution in [1.29, 1.82) is 0 Å². The number of aliphatic hydroxyl groups is 2. The van der Waals surface area contributed by atoms with E-state index >= 15 is 0 Å². The summed E-state index contributed by atoms with van der Waals surface area (Å²) in [5.74, 6) is 0.443. The van der Waals surface area contributed by atoms with Crippen LogP contribution >= 0.6 is 23.2 Å². The normalized spacial score (nSPS) is 14.3. The fourth-order valence-electron chi connectivity index (χ4n) is 1.29. The van der Waals surface area contributed by atoms with Gasteiger partial charge in [-0.05, 0) is 19.1 Å². The highest BCUT2D eigenvalue weighted by Crippen LogP contribution is 2.27. The molecule has 0 spiro atoms. The number of hydrogen-bond acceptors (Lipinski definition) is 4. The smallest absolute Gasteiger partial charge is 0.139 e. The van der Waals surface area contributed by atoms with Crippen LogP contribution in [0.3, 0.4) is 0 Å². The average molecular weight is 294 g/mol. The molecule has 2 atom stereocenters. The molecule has 0 saturated carbocycles. The van der Waals surface area contributed by atoms with Crippen LogP contribution in [0.15, 0.2) is 18.2 Å². The Labute approximate surface area is 116 Å². The van der Waals surface area contributed by atoms with Gasteiger partial charge in [-0.25, -0.2) is 0 Å². The molecule has 18 heavy (non-hydrogen) atoms. The molecule has 102 valence electrons. The second-order valence-electron chi connectivity index (χ2n) is 4.05. The highest BCUT2D eigenvalue weighted by Gasteiger charge is 2.08. The van der Waals surface area contributed by atoms with Gasteiger partial charge in [0.05, 0.1) is 11.1 Å². The van der Waals surface area contributed by atoms with Gasteiger partial charge in [-0.15, -0.1) is 0 Å². The second kappa shape index (κ2) is 7.81. The molecule has 0 aliphatic heterocycles. The van der Waals surface area contributed by atoms with Gasteiger partial charge in [0, 0.05) is 24.2 Å². The third-order valence-electron chi connectivity index (χ3n) is 2.14. The van der Waals surface area contributed by atoms with Gasteiger partial charge in [-0.2, -0.15) is 0 Å². The molecule has 3 N–H and O–H groups in total. The van der Waals surface area contributed by atoms with Crippen molar-refractivity contribution < 1.29 is 14.9 Å². The van der Waals surface area contributed by atoms with E-state index in [-0.39, 0.29) is 6.61 Å². The Morgan fingerprint density at radius 3 is 2.67 bits per heavy atom. The maximum atomic E-state index is 9.64. The number of aliphatic hydroxyl groups excluding tert-OH is 2. The van der Waals surface area contributed by atoms with E-state index in [0.717, 1.165) is 0 Å². The van der Waals surface area contributed by atoms with Gasteiger partial charge in [-0.1, -0.05) is 23.2 Å². The molecule has 0 unspecified atom stereocenters. The van der Waals surface area contributed by atoms with Crippen molar-refractivity contribution >= 4 is 23.2 Å². The van der Waals surface area contributed by atoms with E-state index in [1.54, 1.807) is 25.1 Å². The Morgan fingerprint density at radius 2 is 2.00 bits per heavy atom. The number of benzene rings is 1. The van der Waals surface area contributed by atoms with Crippen molar-refractivity contribution in [3.8, 4) is 5.75 Å². The van der Waals surface area contributed by atoms with Gasteiger partial charge in [0.1, 0.15) is 18.5 Å². The standard InChI is InChI=1S/C12H17Cl2NO3/c1-8(16)5-15-6-10(17)7-18-12-4-9(13)2-3-11(12)14/h2-4,8,10,15-17H,5-7H2,1H3/t8-,10-/m1/s1. The predicted molar refractivity (Wildman–Crippen MR) is 72.5 cm³/mol. The summed E-state index contributed by atoms with van der Waals surface area (Å²) in [7, 11) is 0. The molecule has 0 amide bonds. The molecule has 0 heterocycles. The van der Waals surface area contributed by atoms with Crippen LogP contribution in [0.25, 0.3) is 0 Å². The minimum atomic E-state index is -0.682. The van der Waals surface area contributed by atoms with E-state index in [0.29, 0.717) is 28.9 Å². The summed E-state index contributed by atoms with van der Waals surface area (Å²) in [6.45, 7) is 2.53. The Balaban J connectivity index is 2.33. The number of hydrogen-bond donors (Lipinski definition) is 3. The van der Waals surface area contributed by atoms with Crippen LogP contribution in [0.4, 0.5) is 0 Å². The lowest BCUT2D eigenvalue weighted by molar-refractivity contribution is 0.101. The molecule has 0 aliphatic carbocycles. The van der Waals surface area contributed by atoms with E-state index in [2.05, 4.69) is 5.32 Å². The summed E-state index contributed by atoms with van der Waals surface area (Å²) in [5.41, 5.74) is 0. The molecule has 1 aromatic rings. The van der Waals surface area contributed by atoms with E-state index in [1.807, 2.05) is 0 Å². The van der Waals surface area contributed by atoms with Crippen molar-refractivity contribution in [3.05, 3.63) is 28.2 Å². The molecule has 0 radical (unpaired) electrons. The number of rotatable bonds is 7. The summed E-state index contributed by atoms with van der Waals surface area (Å²) in [6.07, 6.45) is -1.13. The Morgan fingerprint density at radius 1 is 1.28 bits per heavy atom. The molecular weight excluding hydrogens is 277 g/mol. The van der Waals surface area contributed by atoms with Gasteiger partial charge in [0.2, 0.25) is 0 Å². The van der Waals surface area contributed by atoms with E-state index in [4.69, 9.17) is 33.0 Å². The van der Waals surface area contributed by atoms with Crippen molar-refractivity contribution in [2.75, 3.05) is 19.7 Å². The highest BCUT2D eigenvalue weighted by atomic mass is 35.5. The molecule has 0 aliphatic rings. The zero-order valence-corrected chi connectivity index (χ0v) is 11.6. The zero-order valence-electron chi connectivity index (χ0n) is 10.1. The summed E-state index contributed by atoms with van der Waals surface area (Å²) >= 11 is 11.7. The number of ether oxygens (including phenoxy) is 1. The molecule has 0 fully saturated rings. The number of halogens is 2. The lowest BCUT2D eigenvalue weighted by atomic mass is 10.3. The SMILES string of the molecule is C[C@@H](O)CNC[C@@H](O)COc1cc(Cl)ccc1Cl. The van der Waals surface area contributed by atoms with Crippen molar-refractivity contribution in [2.45, 2.75) is 19.1 Å². The molecule has 0 aromatic heterocycles. The maximum Gasteiger partial charge on any atom is 0.139 e. The third-order valence-corrected chi connectivity index (χ3v) is 2.69. The first-order valence-corrected chi connectivity index (χ1v) is 6.39. The first-order valence-electron chi connectivity index (χ1n) is 5.63. The van der Waals surface area contributed by atoms with Gasteiger partial charge >= 0.3 is 0 Å². The summed E-state index contributed by atoms with van der Waals surface area (Å²) < 4.78 is 5.37. The van der Waals surface area contributed by atoms with Gasteiger partial charge in [-0.3, -0.25) is 0 Å². The highest BCUT2D eigenvalue weighted by molar-refractivity contribution is 6.34. The van der Waals surface area contributed by atoms with Crippen molar-refractivity contribution in [3.63, 3.8) is 0 Å². The third kappa shape index (κ3) is 5.89. The average Bonchev–Trinajstić information content (AvgIpc) is 2.30. The van der Waals surface area contributed by atoms with Gasteiger partial charge < -0.3 is 20.3 Å². The van der Waals surface area contributed by atoms with E-state index < -0.39 is 12.2 Å². The van der Waals surface area contributed by atoms with Gasteiger partial charge in [0.15, 0.2) is 0 Å². The second-order valence-corrected chi connectivity index (χ2v) is 4.89. The zero-order chi connectivity index (χ0) is 13.5. The van der Waals surface area contributed by atoms with Crippen molar-refractivity contribution in [2.24, 2.45) is 0 Å². The minimum Gasteiger partial charge on any atom is -0.489 e. The molecule has 6 heteroatoms. The lowest BCUT2D eigenvalue weighted by Crippen LogP contribution is -2.35. The van der Waals surface area contributed by atoms with Crippen LogP contribution in [0.2, 0.25) is 10.0 Å². The first-order chi connectivity index (χ1) is 8.49. The number of nitrogens with one attached hydrogen (secondary N) is 1. The summed E-state index contributed by atoms with van der Waals surface area (Å²) in [6, 6.07) is 4.90. The molecule has 0 saturated heterocycles. The first kappa shape index (κ1) is 15.5. The van der Waals surface area contributed by atoms with Crippen LogP contribution in [-0.2, 0) is 0 Å². The van der Waals surface area contributed by atoms with Crippen LogP contribution in [0.1, 0.15) is 6.92 Å². The van der Waals surface area contributed by atoms with E-state index in [1.165, 1.54) is 0 Å². The fourth-order valence-corrected chi connectivity index (χ4v) is 1.63. The Kier molecular flexibility index (Phi) is 6.75. The monoisotopic (exact) mass is 293 g/mol. The van der Waals surface area contributed by atoms with Crippen molar-refractivity contribution in [1.82, 2.24) is 5.32 Å². The predicted octanol–water partition coefficient (Wildman–Crippen LogP) is 1.70. The van der Waals surface area contributed by atoms with Crippen LogP contribution in [0.5, 0.6) is 5.75 Å². The van der Waals surface area contributed by atoms with Crippen LogP contribution in [0, 0.1) is 0 Å². The molecule has 0 bridgehead atoms. The quantitative estimate of drug-likeness (QED) is 0.716. The topological polar surface area (TPSA) is 61.7 Å². The largest absolute Gasteiger partial charge is 0.489 e. The Bertz CT molecular complexity index is 374. The minimum absolute atomic E-state index is 0.104. The van der Waals surface area contributed by atoms with Crippen LogP contribution in [-0.4, -0.2) is 42.1 Å². The van der Waals surface area contributed by atoms with Crippen LogP contribution < -0.4 is 10.1 Å².